The zero-order valence-corrected chi connectivity index (χ0v) is 12.0. The molecule has 0 spiro atoms. The van der Waals surface area contributed by atoms with Gasteiger partial charge in [0, 0.05) is 17.8 Å². The standard InChI is InChI=1S/C13H17BrN4/c1-17-6-4-9(5-7-17)13-16-12(14)11-3-2-10(15)8-18(11)13/h2-3,8-9H,4-7,15H2,1H3. The second-order valence-corrected chi connectivity index (χ2v) is 5.81. The fourth-order valence-electron chi connectivity index (χ4n) is 2.64. The summed E-state index contributed by atoms with van der Waals surface area (Å²) in [5.41, 5.74) is 7.76. The number of nitrogens with two attached hydrogens (primary N) is 1. The van der Waals surface area contributed by atoms with Gasteiger partial charge in [-0.05, 0) is 61.0 Å². The third-order valence-corrected chi connectivity index (χ3v) is 4.31. The molecule has 0 atom stereocenters. The van der Waals surface area contributed by atoms with Crippen molar-refractivity contribution in [2.24, 2.45) is 0 Å². The van der Waals surface area contributed by atoms with Gasteiger partial charge in [0.25, 0.3) is 0 Å². The molecule has 3 heterocycles. The first kappa shape index (κ1) is 12.0. The number of hydrogen-bond acceptors (Lipinski definition) is 3. The monoisotopic (exact) mass is 308 g/mol. The van der Waals surface area contributed by atoms with E-state index in [4.69, 9.17) is 5.73 Å². The predicted molar refractivity (Wildman–Crippen MR) is 76.8 cm³/mol. The van der Waals surface area contributed by atoms with Crippen LogP contribution < -0.4 is 5.73 Å². The molecule has 0 bridgehead atoms. The van der Waals surface area contributed by atoms with E-state index in [1.165, 1.54) is 0 Å². The second kappa shape index (κ2) is 4.55. The molecule has 1 aliphatic rings. The minimum Gasteiger partial charge on any atom is -0.398 e. The Kier molecular flexibility index (Phi) is 3.03. The van der Waals surface area contributed by atoms with Crippen molar-refractivity contribution < 1.29 is 0 Å². The van der Waals surface area contributed by atoms with Gasteiger partial charge < -0.3 is 15.0 Å². The van der Waals surface area contributed by atoms with Gasteiger partial charge in [-0.15, -0.1) is 0 Å². The van der Waals surface area contributed by atoms with Crippen molar-refractivity contribution in [3.05, 3.63) is 28.8 Å². The Morgan fingerprint density at radius 3 is 2.78 bits per heavy atom. The Morgan fingerprint density at radius 1 is 1.33 bits per heavy atom. The number of pyridine rings is 1. The largest absolute Gasteiger partial charge is 0.398 e. The molecule has 96 valence electrons. The van der Waals surface area contributed by atoms with E-state index < -0.39 is 0 Å². The van der Waals surface area contributed by atoms with Crippen molar-refractivity contribution in [1.29, 1.82) is 0 Å². The molecule has 1 aliphatic heterocycles. The summed E-state index contributed by atoms with van der Waals surface area (Å²) in [4.78, 5) is 7.06. The number of halogens is 1. The third-order valence-electron chi connectivity index (χ3n) is 3.73. The smallest absolute Gasteiger partial charge is 0.132 e. The maximum atomic E-state index is 5.88. The Labute approximate surface area is 115 Å². The van der Waals surface area contributed by atoms with Crippen LogP contribution in [0.25, 0.3) is 5.52 Å². The molecule has 0 aliphatic carbocycles. The lowest BCUT2D eigenvalue weighted by atomic mass is 9.96. The highest BCUT2D eigenvalue weighted by Gasteiger charge is 2.23. The summed E-state index contributed by atoms with van der Waals surface area (Å²) in [6.07, 6.45) is 4.30. The van der Waals surface area contributed by atoms with E-state index in [1.54, 1.807) is 0 Å². The molecule has 5 heteroatoms. The Bertz CT molecular complexity index is 570. The van der Waals surface area contributed by atoms with Crippen molar-refractivity contribution in [1.82, 2.24) is 14.3 Å². The van der Waals surface area contributed by atoms with Crippen molar-refractivity contribution in [3.63, 3.8) is 0 Å². The number of rotatable bonds is 1. The highest BCUT2D eigenvalue weighted by atomic mass is 79.9. The van der Waals surface area contributed by atoms with Crippen LogP contribution in [0.1, 0.15) is 24.6 Å². The van der Waals surface area contributed by atoms with E-state index in [1.807, 2.05) is 18.3 Å². The van der Waals surface area contributed by atoms with Gasteiger partial charge in [-0.1, -0.05) is 0 Å². The number of fused-ring (bicyclic) bond motifs is 1. The summed E-state index contributed by atoms with van der Waals surface area (Å²) in [5.74, 6) is 1.67. The second-order valence-electron chi connectivity index (χ2n) is 5.06. The average molecular weight is 309 g/mol. The molecule has 18 heavy (non-hydrogen) atoms. The summed E-state index contributed by atoms with van der Waals surface area (Å²) in [6, 6.07) is 3.94. The van der Waals surface area contributed by atoms with Gasteiger partial charge in [-0.2, -0.15) is 0 Å². The molecular formula is C13H17BrN4. The van der Waals surface area contributed by atoms with Crippen molar-refractivity contribution in [2.45, 2.75) is 18.8 Å². The number of nitrogen functional groups attached to an aromatic ring is 1. The lowest BCUT2D eigenvalue weighted by molar-refractivity contribution is 0.251. The third kappa shape index (κ3) is 2.01. The van der Waals surface area contributed by atoms with Gasteiger partial charge in [0.15, 0.2) is 0 Å². The molecule has 2 N–H and O–H groups in total. The summed E-state index contributed by atoms with van der Waals surface area (Å²) >= 11 is 3.54. The molecule has 3 rings (SSSR count). The highest BCUT2D eigenvalue weighted by molar-refractivity contribution is 9.10. The van der Waals surface area contributed by atoms with E-state index in [0.29, 0.717) is 5.92 Å². The van der Waals surface area contributed by atoms with E-state index in [-0.39, 0.29) is 0 Å². The zero-order chi connectivity index (χ0) is 12.7. The molecule has 1 saturated heterocycles. The first-order chi connectivity index (χ1) is 8.65. The minimum atomic E-state index is 0.529. The molecule has 0 aromatic carbocycles. The maximum absolute atomic E-state index is 5.88. The SMILES string of the molecule is CN1CCC(c2nc(Br)c3ccc(N)cn23)CC1. The lowest BCUT2D eigenvalue weighted by Gasteiger charge is -2.28. The topological polar surface area (TPSA) is 46.6 Å². The van der Waals surface area contributed by atoms with E-state index in [0.717, 1.165) is 47.6 Å². The summed E-state index contributed by atoms with van der Waals surface area (Å²) in [7, 11) is 2.17. The van der Waals surface area contributed by atoms with E-state index in [9.17, 15) is 0 Å². The van der Waals surface area contributed by atoms with Gasteiger partial charge in [0.05, 0.1) is 5.52 Å². The van der Waals surface area contributed by atoms with E-state index >= 15 is 0 Å². The van der Waals surface area contributed by atoms with Crippen LogP contribution in [0.3, 0.4) is 0 Å². The van der Waals surface area contributed by atoms with Gasteiger partial charge >= 0.3 is 0 Å². The molecule has 0 saturated carbocycles. The minimum absolute atomic E-state index is 0.529. The number of nitrogens with zero attached hydrogens (tertiary/aromatic N) is 3. The van der Waals surface area contributed by atoms with Gasteiger partial charge in [0.2, 0.25) is 0 Å². The van der Waals surface area contributed by atoms with Crippen LogP contribution in [0.4, 0.5) is 5.69 Å². The van der Waals surface area contributed by atoms with Crippen molar-refractivity contribution in [3.8, 4) is 0 Å². The van der Waals surface area contributed by atoms with Crippen LogP contribution in [0, 0.1) is 0 Å². The highest BCUT2D eigenvalue weighted by Crippen LogP contribution is 2.30. The summed E-state index contributed by atoms with van der Waals surface area (Å²) in [5, 5.41) is 0. The first-order valence-electron chi connectivity index (χ1n) is 6.26. The lowest BCUT2D eigenvalue weighted by Crippen LogP contribution is -2.29. The van der Waals surface area contributed by atoms with Crippen LogP contribution in [0.15, 0.2) is 22.9 Å². The van der Waals surface area contributed by atoms with Crippen molar-refractivity contribution in [2.75, 3.05) is 25.9 Å². The molecule has 2 aromatic heterocycles. The van der Waals surface area contributed by atoms with Gasteiger partial charge in [-0.3, -0.25) is 0 Å². The molecule has 0 amide bonds. The fourth-order valence-corrected chi connectivity index (χ4v) is 3.15. The maximum Gasteiger partial charge on any atom is 0.132 e. The van der Waals surface area contributed by atoms with Crippen LogP contribution in [-0.4, -0.2) is 34.4 Å². The molecular weight excluding hydrogens is 292 g/mol. The van der Waals surface area contributed by atoms with Gasteiger partial charge in [-0.25, -0.2) is 4.98 Å². The van der Waals surface area contributed by atoms with Crippen LogP contribution >= 0.6 is 15.9 Å². The number of likely N-dealkylation sites (tertiary alicyclic amines) is 1. The number of hydrogen-bond donors (Lipinski definition) is 1. The van der Waals surface area contributed by atoms with Crippen LogP contribution in [0.5, 0.6) is 0 Å². The summed E-state index contributed by atoms with van der Waals surface area (Å²) in [6.45, 7) is 2.28. The first-order valence-corrected chi connectivity index (χ1v) is 7.06. The normalized spacial score (nSPS) is 18.6. The number of piperidine rings is 1. The Balaban J connectivity index is 2.03. The van der Waals surface area contributed by atoms with Crippen LogP contribution in [0.2, 0.25) is 0 Å². The predicted octanol–water partition coefficient (Wildman–Crippen LogP) is 2.49. The van der Waals surface area contributed by atoms with E-state index in [2.05, 4.69) is 37.3 Å². The molecule has 0 radical (unpaired) electrons. The fraction of sp³-hybridized carbons (Fsp3) is 0.462. The number of imidazole rings is 1. The molecule has 0 unspecified atom stereocenters. The Hall–Kier alpha value is -1.07. The number of aromatic nitrogens is 2. The number of anilines is 1. The summed E-state index contributed by atoms with van der Waals surface area (Å²) < 4.78 is 3.05. The zero-order valence-electron chi connectivity index (χ0n) is 10.4. The average Bonchev–Trinajstić information content (AvgIpc) is 2.67. The Morgan fingerprint density at radius 2 is 2.06 bits per heavy atom. The molecule has 4 nitrogen and oxygen atoms in total. The quantitative estimate of drug-likeness (QED) is 0.880. The molecule has 2 aromatic rings. The van der Waals surface area contributed by atoms with Crippen LogP contribution in [-0.2, 0) is 0 Å². The molecule has 1 fully saturated rings. The van der Waals surface area contributed by atoms with Gasteiger partial charge in [0.1, 0.15) is 10.4 Å². The van der Waals surface area contributed by atoms with Crippen molar-refractivity contribution >= 4 is 27.1 Å².